The van der Waals surface area contributed by atoms with Gasteiger partial charge in [-0.2, -0.15) is 0 Å². The van der Waals surface area contributed by atoms with Crippen LogP contribution in [0.2, 0.25) is 0 Å². The van der Waals surface area contributed by atoms with Crippen molar-refractivity contribution in [3.05, 3.63) is 70.7 Å². The molecule has 2 saturated heterocycles. The van der Waals surface area contributed by atoms with E-state index < -0.39 is 136 Å². The Morgan fingerprint density at radius 1 is 0.662 bits per heavy atom. The van der Waals surface area contributed by atoms with Gasteiger partial charge in [0, 0.05) is 29.4 Å². The molecule has 1 aromatic carbocycles. The average molecular weight is 927 g/mol. The fraction of sp³-hybridized carbons (Fsp3) is 0.571. The Bertz CT molecular complexity index is 1980. The Morgan fingerprint density at radius 3 is 1.68 bits per heavy atom. The third-order valence-corrected chi connectivity index (χ3v) is 11.1. The van der Waals surface area contributed by atoms with Crippen molar-refractivity contribution in [2.24, 2.45) is 11.8 Å². The summed E-state index contributed by atoms with van der Waals surface area (Å²) >= 11 is 0. The molecule has 360 valence electrons. The van der Waals surface area contributed by atoms with Crippen molar-refractivity contribution < 1.29 is 113 Å². The highest BCUT2D eigenvalue weighted by molar-refractivity contribution is 5.91. The zero-order valence-corrected chi connectivity index (χ0v) is 35.6. The molecular formula is C42H54O23. The minimum absolute atomic E-state index is 0.0705. The average Bonchev–Trinajstić information content (AvgIpc) is 3.29. The number of aliphatic hydroxyl groups excluding tert-OH is 7. The van der Waals surface area contributed by atoms with Crippen LogP contribution in [0.25, 0.3) is 0 Å². The fourth-order valence-corrected chi connectivity index (χ4v) is 7.56. The summed E-state index contributed by atoms with van der Waals surface area (Å²) < 4.78 is 55.3. The first-order chi connectivity index (χ1) is 31.0. The molecule has 14 atom stereocenters. The maximum Gasteiger partial charge on any atom is 0.337 e. The summed E-state index contributed by atoms with van der Waals surface area (Å²) in [7, 11) is 2.17. The van der Waals surface area contributed by atoms with E-state index >= 15 is 0 Å². The number of allylic oxidation sites excluding steroid dienone is 2. The Hall–Kier alpha value is -5.18. The largest absolute Gasteiger partial charge is 0.504 e. The van der Waals surface area contributed by atoms with Crippen molar-refractivity contribution in [1.29, 1.82) is 0 Å². The van der Waals surface area contributed by atoms with Crippen molar-refractivity contribution in [1.82, 2.24) is 0 Å². The van der Waals surface area contributed by atoms with Gasteiger partial charge >= 0.3 is 23.9 Å². The molecule has 4 heterocycles. The third kappa shape index (κ3) is 11.6. The Kier molecular flexibility index (Phi) is 17.8. The molecule has 4 aliphatic heterocycles. The van der Waals surface area contributed by atoms with Crippen LogP contribution in [-0.4, -0.2) is 178 Å². The number of phenolic OH excluding ortho intramolecular Hbond substituents is 2. The van der Waals surface area contributed by atoms with E-state index in [4.69, 9.17) is 47.4 Å². The van der Waals surface area contributed by atoms with Gasteiger partial charge in [-0.15, -0.1) is 0 Å². The first-order valence-electron chi connectivity index (χ1n) is 20.3. The highest BCUT2D eigenvalue weighted by Gasteiger charge is 2.51. The smallest absolute Gasteiger partial charge is 0.337 e. The molecule has 65 heavy (non-hydrogen) atoms. The van der Waals surface area contributed by atoms with E-state index in [-0.39, 0.29) is 46.8 Å². The molecule has 0 amide bonds. The highest BCUT2D eigenvalue weighted by Crippen LogP contribution is 2.39. The number of rotatable bonds is 16. The van der Waals surface area contributed by atoms with Gasteiger partial charge in [0.05, 0.1) is 70.6 Å². The van der Waals surface area contributed by atoms with E-state index in [1.54, 1.807) is 0 Å². The summed E-state index contributed by atoms with van der Waals surface area (Å²) in [5.41, 5.74) is 0.429. The normalized spacial score (nSPS) is 33.8. The summed E-state index contributed by atoms with van der Waals surface area (Å²) in [5.74, 6) is -6.77. The second kappa shape index (κ2) is 22.8. The maximum atomic E-state index is 13.9. The molecule has 1 aromatic rings. The Labute approximate surface area is 371 Å². The minimum Gasteiger partial charge on any atom is -0.504 e. The van der Waals surface area contributed by atoms with Crippen LogP contribution in [-0.2, 0) is 73.0 Å². The van der Waals surface area contributed by atoms with Gasteiger partial charge in [-0.25, -0.2) is 9.59 Å². The Balaban J connectivity index is 1.35. The van der Waals surface area contributed by atoms with Crippen LogP contribution < -0.4 is 0 Å². The van der Waals surface area contributed by atoms with Gasteiger partial charge in [-0.1, -0.05) is 18.2 Å². The number of carbonyl (C=O) groups excluding carboxylic acids is 4. The molecule has 23 heteroatoms. The van der Waals surface area contributed by atoms with Crippen LogP contribution in [0.3, 0.4) is 0 Å². The second-order valence-electron chi connectivity index (χ2n) is 15.1. The number of aliphatic hydroxyl groups is 7. The second-order valence-corrected chi connectivity index (χ2v) is 15.1. The molecule has 0 unspecified atom stereocenters. The number of hydrogen-bond donors (Lipinski definition) is 9. The number of phenols is 2. The van der Waals surface area contributed by atoms with E-state index in [9.17, 15) is 65.1 Å². The molecule has 0 saturated carbocycles. The molecule has 4 aliphatic rings. The summed E-state index contributed by atoms with van der Waals surface area (Å²) in [6.07, 6.45) is -16.7. The molecule has 2 fully saturated rings. The summed E-state index contributed by atoms with van der Waals surface area (Å²) in [6, 6.07) is 4.10. The molecule has 0 aromatic heterocycles. The van der Waals surface area contributed by atoms with Gasteiger partial charge in [-0.3, -0.25) is 9.59 Å². The van der Waals surface area contributed by atoms with Crippen LogP contribution in [0.5, 0.6) is 11.5 Å². The number of benzene rings is 1. The van der Waals surface area contributed by atoms with Crippen molar-refractivity contribution in [3.63, 3.8) is 0 Å². The number of aromatic hydroxyl groups is 2. The predicted octanol–water partition coefficient (Wildman–Crippen LogP) is -1.90. The summed E-state index contributed by atoms with van der Waals surface area (Å²) in [5, 5.41) is 92.2. The summed E-state index contributed by atoms with van der Waals surface area (Å²) in [6.45, 7) is 1.28. The molecule has 0 spiro atoms. The SMILES string of the molecule is CC=C1[C@H](O[C@@H]2O[C@H](CO)[C@@H](O)[C@H](O)[C@H]2O)OC=C(C(=O)OC)[C@H]1CC(=O)O[C@H]1[C@H](O[C@@H]2OC=C(C(=O)OC)[C@@H](CC(=O)OCCc3ccc(O)c(O)c3)C2=CC)O[C@H](CO)[C@@H](O)[C@@H]1O. The molecular weight excluding hydrogens is 872 g/mol. The van der Waals surface area contributed by atoms with Gasteiger partial charge in [0.25, 0.3) is 0 Å². The van der Waals surface area contributed by atoms with Crippen LogP contribution in [0.4, 0.5) is 0 Å². The minimum atomic E-state index is -1.98. The van der Waals surface area contributed by atoms with Gasteiger partial charge in [0.2, 0.25) is 18.9 Å². The van der Waals surface area contributed by atoms with Crippen molar-refractivity contribution >= 4 is 23.9 Å². The number of hydrogen-bond acceptors (Lipinski definition) is 23. The number of ether oxygens (including phenoxy) is 10. The van der Waals surface area contributed by atoms with E-state index in [1.165, 1.54) is 44.2 Å². The standard InChI is InChI=1S/C42H54O23/c1-5-19-21(12-29(47)58-10-9-18-7-8-25(45)26(46)11-18)23(37(54)56-3)16-60-40(19)65-42-36(34(52)32(50)28(15-44)62-42)63-30(48)13-22-20(6-2)39(59-17-24(22)38(55)57-4)64-41-35(53)33(51)31(49)27(14-43)61-41/h5-8,11,16-17,21-22,27-28,31-36,39-46,49-53H,9-10,12-15H2,1-4H3/t21-,22-,27+,28+,31+,32+,33-,34-,35+,36+,39-,40-,41-,42-/m0/s1. The highest BCUT2D eigenvalue weighted by atomic mass is 16.8. The van der Waals surface area contributed by atoms with Gasteiger partial charge in [-0.05, 0) is 31.5 Å². The van der Waals surface area contributed by atoms with Crippen molar-refractivity contribution in [3.8, 4) is 11.5 Å². The molecule has 0 bridgehead atoms. The van der Waals surface area contributed by atoms with Crippen LogP contribution in [0.15, 0.2) is 65.2 Å². The van der Waals surface area contributed by atoms with Gasteiger partial charge < -0.3 is 93.3 Å². The van der Waals surface area contributed by atoms with E-state index in [0.717, 1.165) is 26.7 Å². The third-order valence-electron chi connectivity index (χ3n) is 11.1. The number of methoxy groups -OCH3 is 2. The van der Waals surface area contributed by atoms with E-state index in [0.29, 0.717) is 5.56 Å². The summed E-state index contributed by atoms with van der Waals surface area (Å²) in [4.78, 5) is 52.9. The molecule has 0 radical (unpaired) electrons. The lowest BCUT2D eigenvalue weighted by Gasteiger charge is -2.43. The molecule has 5 rings (SSSR count). The lowest BCUT2D eigenvalue weighted by molar-refractivity contribution is -0.330. The van der Waals surface area contributed by atoms with Crippen LogP contribution in [0.1, 0.15) is 32.3 Å². The van der Waals surface area contributed by atoms with Crippen molar-refractivity contribution in [2.75, 3.05) is 34.0 Å². The molecule has 23 nitrogen and oxygen atoms in total. The first-order valence-corrected chi connectivity index (χ1v) is 20.3. The Morgan fingerprint density at radius 2 is 1.17 bits per heavy atom. The molecule has 9 N–H and O–H groups in total. The molecule has 0 aliphatic carbocycles. The topological polar surface area (TPSA) is 343 Å². The number of carbonyl (C=O) groups is 4. The van der Waals surface area contributed by atoms with Crippen LogP contribution in [0, 0.1) is 11.8 Å². The maximum absolute atomic E-state index is 13.9. The lowest BCUT2D eigenvalue weighted by Crippen LogP contribution is -2.61. The number of esters is 4. The predicted molar refractivity (Wildman–Crippen MR) is 212 cm³/mol. The van der Waals surface area contributed by atoms with Crippen LogP contribution >= 0.6 is 0 Å². The lowest BCUT2D eigenvalue weighted by atomic mass is 9.86. The zero-order valence-electron chi connectivity index (χ0n) is 35.6. The van der Waals surface area contributed by atoms with Gasteiger partial charge in [0.15, 0.2) is 23.9 Å². The van der Waals surface area contributed by atoms with Gasteiger partial charge in [0.1, 0.15) is 42.7 Å². The first kappa shape index (κ1) is 50.8. The van der Waals surface area contributed by atoms with E-state index in [1.807, 2.05) is 0 Å². The quantitative estimate of drug-likeness (QED) is 0.0378. The van der Waals surface area contributed by atoms with E-state index in [2.05, 4.69) is 0 Å². The fourth-order valence-electron chi connectivity index (χ4n) is 7.56. The van der Waals surface area contributed by atoms with Crippen molar-refractivity contribution in [2.45, 2.75) is 107 Å². The monoisotopic (exact) mass is 926 g/mol. The zero-order chi connectivity index (χ0) is 47.7.